The van der Waals surface area contributed by atoms with Crippen molar-refractivity contribution in [3.8, 4) is 0 Å². The maximum Gasteiger partial charge on any atom is 0.317 e. The van der Waals surface area contributed by atoms with Crippen molar-refractivity contribution in [2.45, 2.75) is 44.2 Å². The highest BCUT2D eigenvalue weighted by Crippen LogP contribution is 2.21. The summed E-state index contributed by atoms with van der Waals surface area (Å²) in [6, 6.07) is 0.631. The zero-order valence-corrected chi connectivity index (χ0v) is 14.7. The Morgan fingerprint density at radius 1 is 1.00 bits per heavy atom. The molecular weight excluding hydrogens is 316 g/mol. The summed E-state index contributed by atoms with van der Waals surface area (Å²) in [5, 5.41) is 3.09. The lowest BCUT2D eigenvalue weighted by molar-refractivity contribution is 0.189. The van der Waals surface area contributed by atoms with Crippen LogP contribution >= 0.6 is 0 Å². The molecule has 3 saturated heterocycles. The quantitative estimate of drug-likeness (QED) is 0.799. The molecule has 1 unspecified atom stereocenters. The Kier molecular flexibility index (Phi) is 5.13. The van der Waals surface area contributed by atoms with E-state index in [1.54, 1.807) is 0 Å². The molecule has 0 aromatic rings. The van der Waals surface area contributed by atoms with Gasteiger partial charge in [0.05, 0.1) is 6.26 Å². The molecule has 0 saturated carbocycles. The number of hydrogen-bond donors (Lipinski definition) is 1. The summed E-state index contributed by atoms with van der Waals surface area (Å²) in [5.74, 6) is 0. The molecule has 132 valence electrons. The van der Waals surface area contributed by atoms with E-state index in [0.29, 0.717) is 32.0 Å². The molecule has 0 bridgehead atoms. The Hall–Kier alpha value is -0.860. The van der Waals surface area contributed by atoms with Crippen molar-refractivity contribution in [1.82, 2.24) is 19.4 Å². The third kappa shape index (κ3) is 4.16. The lowest BCUT2D eigenvalue weighted by atomic mass is 10.1. The molecule has 3 rings (SSSR count). The molecule has 23 heavy (non-hydrogen) atoms. The topological polar surface area (TPSA) is 73.0 Å². The maximum atomic E-state index is 12.4. The van der Waals surface area contributed by atoms with Crippen LogP contribution in [0.3, 0.4) is 0 Å². The van der Waals surface area contributed by atoms with E-state index < -0.39 is 10.0 Å². The van der Waals surface area contributed by atoms with Crippen LogP contribution in [0.1, 0.15) is 32.1 Å². The van der Waals surface area contributed by atoms with Crippen molar-refractivity contribution >= 4 is 16.1 Å². The molecule has 2 amide bonds. The number of carbonyl (C=O) groups excluding carboxylic acids is 1. The minimum atomic E-state index is -3.11. The molecule has 0 aromatic carbocycles. The van der Waals surface area contributed by atoms with Crippen molar-refractivity contribution in [2.75, 3.05) is 45.5 Å². The molecule has 0 aromatic heterocycles. The fraction of sp³-hybridized carbons (Fsp3) is 0.933. The van der Waals surface area contributed by atoms with Gasteiger partial charge in [-0.25, -0.2) is 17.5 Å². The highest BCUT2D eigenvalue weighted by Gasteiger charge is 2.33. The van der Waals surface area contributed by atoms with Gasteiger partial charge in [0.2, 0.25) is 10.0 Å². The molecule has 0 aliphatic carbocycles. The van der Waals surface area contributed by atoms with Gasteiger partial charge in [-0.2, -0.15) is 0 Å². The number of likely N-dealkylation sites (tertiary alicyclic amines) is 2. The third-order valence-corrected chi connectivity index (χ3v) is 6.66. The molecule has 1 N–H and O–H groups in total. The average molecular weight is 344 g/mol. The first-order valence-corrected chi connectivity index (χ1v) is 10.5. The van der Waals surface area contributed by atoms with E-state index in [1.165, 1.54) is 36.5 Å². The SMILES string of the molecule is CS(=O)(=O)N1CCC(NC(=O)N2CCC(N3CCCC3)C2)CC1. The predicted octanol–water partition coefficient (Wildman–Crippen LogP) is 0.290. The lowest BCUT2D eigenvalue weighted by Gasteiger charge is -2.32. The molecule has 3 fully saturated rings. The van der Waals surface area contributed by atoms with Crippen LogP contribution in [0.2, 0.25) is 0 Å². The van der Waals surface area contributed by atoms with E-state index in [9.17, 15) is 13.2 Å². The van der Waals surface area contributed by atoms with E-state index in [2.05, 4.69) is 10.2 Å². The Morgan fingerprint density at radius 3 is 2.26 bits per heavy atom. The second-order valence-corrected chi connectivity index (χ2v) is 9.00. The van der Waals surface area contributed by atoms with Crippen LogP contribution in [0.5, 0.6) is 0 Å². The minimum Gasteiger partial charge on any atom is -0.335 e. The van der Waals surface area contributed by atoms with Gasteiger partial charge < -0.3 is 10.2 Å². The van der Waals surface area contributed by atoms with Crippen LogP contribution in [-0.2, 0) is 10.0 Å². The summed E-state index contributed by atoms with van der Waals surface area (Å²) in [4.78, 5) is 16.9. The van der Waals surface area contributed by atoms with Gasteiger partial charge in [0.1, 0.15) is 0 Å². The van der Waals surface area contributed by atoms with Crippen LogP contribution in [-0.4, -0.2) is 86.2 Å². The molecule has 1 atom stereocenters. The Bertz CT molecular complexity index is 525. The highest BCUT2D eigenvalue weighted by molar-refractivity contribution is 7.88. The van der Waals surface area contributed by atoms with E-state index in [0.717, 1.165) is 19.5 Å². The number of piperidine rings is 1. The van der Waals surface area contributed by atoms with Gasteiger partial charge in [-0.05, 0) is 45.2 Å². The van der Waals surface area contributed by atoms with E-state index in [4.69, 9.17) is 0 Å². The predicted molar refractivity (Wildman–Crippen MR) is 88.8 cm³/mol. The fourth-order valence-electron chi connectivity index (χ4n) is 3.93. The first-order valence-electron chi connectivity index (χ1n) is 8.68. The molecular formula is C15H28N4O3S. The second kappa shape index (κ2) is 6.94. The third-order valence-electron chi connectivity index (χ3n) is 5.36. The molecule has 3 aliphatic rings. The number of amides is 2. The first kappa shape index (κ1) is 17.0. The number of hydrogen-bond acceptors (Lipinski definition) is 4. The van der Waals surface area contributed by atoms with Crippen molar-refractivity contribution in [3.05, 3.63) is 0 Å². The summed E-state index contributed by atoms with van der Waals surface area (Å²) in [5.41, 5.74) is 0. The number of urea groups is 1. The molecule has 7 nitrogen and oxygen atoms in total. The number of sulfonamides is 1. The Balaban J connectivity index is 1.43. The monoisotopic (exact) mass is 344 g/mol. The van der Waals surface area contributed by atoms with E-state index >= 15 is 0 Å². The van der Waals surface area contributed by atoms with Gasteiger partial charge in [-0.1, -0.05) is 0 Å². The van der Waals surface area contributed by atoms with Crippen molar-refractivity contribution in [2.24, 2.45) is 0 Å². The molecule has 3 heterocycles. The lowest BCUT2D eigenvalue weighted by Crippen LogP contribution is -2.50. The van der Waals surface area contributed by atoms with Crippen LogP contribution in [0.4, 0.5) is 4.79 Å². The number of rotatable bonds is 3. The van der Waals surface area contributed by atoms with Crippen LogP contribution < -0.4 is 5.32 Å². The Morgan fingerprint density at radius 2 is 1.65 bits per heavy atom. The summed E-state index contributed by atoms with van der Waals surface area (Å²) in [6.45, 7) is 5.00. The van der Waals surface area contributed by atoms with Gasteiger partial charge in [0.25, 0.3) is 0 Å². The zero-order chi connectivity index (χ0) is 16.4. The van der Waals surface area contributed by atoms with Gasteiger partial charge in [0.15, 0.2) is 0 Å². The number of nitrogens with zero attached hydrogens (tertiary/aromatic N) is 3. The minimum absolute atomic E-state index is 0.0181. The first-order chi connectivity index (χ1) is 10.9. The summed E-state index contributed by atoms with van der Waals surface area (Å²) >= 11 is 0. The molecule has 0 radical (unpaired) electrons. The molecule has 8 heteroatoms. The second-order valence-electron chi connectivity index (χ2n) is 7.02. The summed E-state index contributed by atoms with van der Waals surface area (Å²) in [6.07, 6.45) is 6.27. The normalized spacial score (nSPS) is 28.4. The highest BCUT2D eigenvalue weighted by atomic mass is 32.2. The van der Waals surface area contributed by atoms with Crippen molar-refractivity contribution in [3.63, 3.8) is 0 Å². The molecule has 0 spiro atoms. The van der Waals surface area contributed by atoms with Crippen molar-refractivity contribution < 1.29 is 13.2 Å². The van der Waals surface area contributed by atoms with Crippen LogP contribution in [0.25, 0.3) is 0 Å². The van der Waals surface area contributed by atoms with Crippen LogP contribution in [0, 0.1) is 0 Å². The van der Waals surface area contributed by atoms with Gasteiger partial charge in [0, 0.05) is 38.3 Å². The van der Waals surface area contributed by atoms with Crippen LogP contribution in [0.15, 0.2) is 0 Å². The smallest absolute Gasteiger partial charge is 0.317 e. The molecule has 3 aliphatic heterocycles. The number of nitrogens with one attached hydrogen (secondary N) is 1. The fourth-order valence-corrected chi connectivity index (χ4v) is 4.80. The summed E-state index contributed by atoms with van der Waals surface area (Å²) < 4.78 is 24.5. The van der Waals surface area contributed by atoms with E-state index in [-0.39, 0.29) is 12.1 Å². The van der Waals surface area contributed by atoms with E-state index in [1.807, 2.05) is 4.90 Å². The van der Waals surface area contributed by atoms with Gasteiger partial charge >= 0.3 is 6.03 Å². The largest absolute Gasteiger partial charge is 0.335 e. The zero-order valence-electron chi connectivity index (χ0n) is 13.9. The number of carbonyl (C=O) groups is 1. The average Bonchev–Trinajstić information content (AvgIpc) is 3.18. The van der Waals surface area contributed by atoms with Gasteiger partial charge in [-0.3, -0.25) is 4.90 Å². The Labute approximate surface area is 139 Å². The maximum absolute atomic E-state index is 12.4. The van der Waals surface area contributed by atoms with Gasteiger partial charge in [-0.15, -0.1) is 0 Å². The summed E-state index contributed by atoms with van der Waals surface area (Å²) in [7, 11) is -3.11. The standard InChI is InChI=1S/C15H28N4O3S/c1-23(21,22)19-10-4-13(5-11-19)16-15(20)18-9-6-14(12-18)17-7-2-3-8-17/h13-14H,2-12H2,1H3,(H,16,20). The van der Waals surface area contributed by atoms with Crippen molar-refractivity contribution in [1.29, 1.82) is 0 Å².